The third-order valence-corrected chi connectivity index (χ3v) is 4.88. The van der Waals surface area contributed by atoms with Crippen LogP contribution in [0.25, 0.3) is 0 Å². The summed E-state index contributed by atoms with van der Waals surface area (Å²) in [6.45, 7) is 4.67. The van der Waals surface area contributed by atoms with Gasteiger partial charge in [-0.15, -0.1) is 12.4 Å². The molecule has 2 N–H and O–H groups in total. The normalized spacial score (nSPS) is 19.1. The predicted octanol–water partition coefficient (Wildman–Crippen LogP) is 3.65. The summed E-state index contributed by atoms with van der Waals surface area (Å²) in [6.07, 6.45) is 2.94. The van der Waals surface area contributed by atoms with E-state index >= 15 is 0 Å². The van der Waals surface area contributed by atoms with Crippen LogP contribution in [0, 0.1) is 17.7 Å². The number of amides is 1. The molecule has 3 nitrogen and oxygen atoms in total. The summed E-state index contributed by atoms with van der Waals surface area (Å²) in [6, 6.07) is 4.51. The van der Waals surface area contributed by atoms with Crippen molar-refractivity contribution in [2.24, 2.45) is 11.8 Å². The Hall–Kier alpha value is -0.650. The SMILES string of the molecule is CC(CC(=O)NCc1ccc(F)cc1Br)C1CCCNC1.Cl. The molecule has 2 rings (SSSR count). The van der Waals surface area contributed by atoms with Crippen LogP contribution in [0.5, 0.6) is 0 Å². The molecule has 1 aromatic rings. The highest BCUT2D eigenvalue weighted by atomic mass is 79.9. The van der Waals surface area contributed by atoms with Gasteiger partial charge in [0.15, 0.2) is 0 Å². The van der Waals surface area contributed by atoms with Crippen molar-refractivity contribution >= 4 is 34.2 Å². The lowest BCUT2D eigenvalue weighted by molar-refractivity contribution is -0.122. The monoisotopic (exact) mass is 392 g/mol. The summed E-state index contributed by atoms with van der Waals surface area (Å²) < 4.78 is 13.7. The predicted molar refractivity (Wildman–Crippen MR) is 92.6 cm³/mol. The van der Waals surface area contributed by atoms with Crippen LogP contribution < -0.4 is 10.6 Å². The average Bonchev–Trinajstić information content (AvgIpc) is 2.47. The Balaban J connectivity index is 0.00000242. The number of nitrogens with one attached hydrogen (secondary N) is 2. The van der Waals surface area contributed by atoms with Gasteiger partial charge in [0.05, 0.1) is 0 Å². The molecular weight excluding hydrogens is 371 g/mol. The van der Waals surface area contributed by atoms with Crippen molar-refractivity contribution in [3.63, 3.8) is 0 Å². The van der Waals surface area contributed by atoms with Gasteiger partial charge < -0.3 is 10.6 Å². The molecule has 0 bridgehead atoms. The molecule has 1 aliphatic heterocycles. The summed E-state index contributed by atoms with van der Waals surface area (Å²) >= 11 is 3.31. The lowest BCUT2D eigenvalue weighted by atomic mass is 9.85. The molecular formula is C16H23BrClFN2O. The Labute approximate surface area is 146 Å². The zero-order valence-electron chi connectivity index (χ0n) is 12.7. The van der Waals surface area contributed by atoms with Gasteiger partial charge in [0.25, 0.3) is 0 Å². The van der Waals surface area contributed by atoms with Crippen LogP contribution in [0.4, 0.5) is 4.39 Å². The molecule has 0 saturated carbocycles. The molecule has 124 valence electrons. The van der Waals surface area contributed by atoms with E-state index in [1.807, 2.05) is 0 Å². The van der Waals surface area contributed by atoms with Crippen molar-refractivity contribution in [2.75, 3.05) is 13.1 Å². The number of carbonyl (C=O) groups excluding carboxylic acids is 1. The van der Waals surface area contributed by atoms with E-state index in [0.29, 0.717) is 29.3 Å². The molecule has 1 aromatic carbocycles. The van der Waals surface area contributed by atoms with Crippen molar-refractivity contribution < 1.29 is 9.18 Å². The minimum atomic E-state index is -0.282. The Bertz CT molecular complexity index is 495. The first-order valence-corrected chi connectivity index (χ1v) is 8.27. The van der Waals surface area contributed by atoms with Gasteiger partial charge in [-0.05, 0) is 55.5 Å². The van der Waals surface area contributed by atoms with E-state index in [-0.39, 0.29) is 24.1 Å². The van der Waals surface area contributed by atoms with E-state index < -0.39 is 0 Å². The Morgan fingerprint density at radius 2 is 2.32 bits per heavy atom. The maximum atomic E-state index is 13.0. The molecule has 1 saturated heterocycles. The molecule has 0 radical (unpaired) electrons. The van der Waals surface area contributed by atoms with Gasteiger partial charge in [0.1, 0.15) is 5.82 Å². The number of rotatable bonds is 5. The zero-order valence-corrected chi connectivity index (χ0v) is 15.1. The number of piperidine rings is 1. The van der Waals surface area contributed by atoms with Crippen LogP contribution in [-0.2, 0) is 11.3 Å². The van der Waals surface area contributed by atoms with Gasteiger partial charge in [0, 0.05) is 17.4 Å². The van der Waals surface area contributed by atoms with Crippen LogP contribution in [0.15, 0.2) is 22.7 Å². The first kappa shape index (κ1) is 19.4. The highest BCUT2D eigenvalue weighted by molar-refractivity contribution is 9.10. The van der Waals surface area contributed by atoms with E-state index in [2.05, 4.69) is 33.5 Å². The second-order valence-electron chi connectivity index (χ2n) is 5.80. The molecule has 1 heterocycles. The third kappa shape index (κ3) is 5.86. The zero-order chi connectivity index (χ0) is 15.2. The van der Waals surface area contributed by atoms with Gasteiger partial charge in [0.2, 0.25) is 5.91 Å². The molecule has 1 amide bonds. The van der Waals surface area contributed by atoms with Crippen LogP contribution in [0.2, 0.25) is 0 Å². The first-order chi connectivity index (χ1) is 10.1. The standard InChI is InChI=1S/C16H22BrFN2O.ClH/c1-11(12-3-2-6-19-9-12)7-16(21)20-10-13-4-5-14(18)8-15(13)17;/h4-5,8,11-12,19H,2-3,6-7,9-10H2,1H3,(H,20,21);1H. The molecule has 22 heavy (non-hydrogen) atoms. The van der Waals surface area contributed by atoms with Gasteiger partial charge in [-0.25, -0.2) is 4.39 Å². The molecule has 1 fully saturated rings. The minimum absolute atomic E-state index is 0. The van der Waals surface area contributed by atoms with Crippen molar-refractivity contribution in [2.45, 2.75) is 32.7 Å². The number of halogens is 3. The molecule has 2 atom stereocenters. The largest absolute Gasteiger partial charge is 0.352 e. The number of benzene rings is 1. The summed E-state index contributed by atoms with van der Waals surface area (Å²) in [5.41, 5.74) is 0.886. The Kier molecular flexibility index (Phi) is 8.36. The maximum Gasteiger partial charge on any atom is 0.220 e. The van der Waals surface area contributed by atoms with Gasteiger partial charge in [-0.3, -0.25) is 4.79 Å². The van der Waals surface area contributed by atoms with Crippen LogP contribution >= 0.6 is 28.3 Å². The third-order valence-electron chi connectivity index (χ3n) is 4.14. The Morgan fingerprint density at radius 1 is 1.55 bits per heavy atom. The summed E-state index contributed by atoms with van der Waals surface area (Å²) in [4.78, 5) is 12.0. The molecule has 0 spiro atoms. The van der Waals surface area contributed by atoms with Gasteiger partial charge in [-0.1, -0.05) is 28.9 Å². The fourth-order valence-corrected chi connectivity index (χ4v) is 3.25. The van der Waals surface area contributed by atoms with Crippen molar-refractivity contribution in [3.05, 3.63) is 34.1 Å². The fourth-order valence-electron chi connectivity index (χ4n) is 2.75. The lowest BCUT2D eigenvalue weighted by Gasteiger charge is -2.28. The topological polar surface area (TPSA) is 41.1 Å². The van der Waals surface area contributed by atoms with Crippen LogP contribution in [0.3, 0.4) is 0 Å². The van der Waals surface area contributed by atoms with E-state index in [4.69, 9.17) is 0 Å². The number of hydrogen-bond acceptors (Lipinski definition) is 2. The number of carbonyl (C=O) groups is 1. The van der Waals surface area contributed by atoms with Gasteiger partial charge in [-0.2, -0.15) is 0 Å². The van der Waals surface area contributed by atoms with Crippen LogP contribution in [0.1, 0.15) is 31.7 Å². The molecule has 0 aliphatic carbocycles. The summed E-state index contributed by atoms with van der Waals surface area (Å²) in [5.74, 6) is 0.746. The van der Waals surface area contributed by atoms with Crippen molar-refractivity contribution in [3.8, 4) is 0 Å². The smallest absolute Gasteiger partial charge is 0.220 e. The summed E-state index contributed by atoms with van der Waals surface area (Å²) in [7, 11) is 0. The lowest BCUT2D eigenvalue weighted by Crippen LogP contribution is -2.35. The molecule has 2 unspecified atom stereocenters. The van der Waals surface area contributed by atoms with E-state index in [1.165, 1.54) is 25.0 Å². The molecule has 1 aliphatic rings. The highest BCUT2D eigenvalue weighted by Gasteiger charge is 2.21. The summed E-state index contributed by atoms with van der Waals surface area (Å²) in [5, 5.41) is 6.30. The van der Waals surface area contributed by atoms with Gasteiger partial charge >= 0.3 is 0 Å². The molecule has 6 heteroatoms. The number of hydrogen-bond donors (Lipinski definition) is 2. The Morgan fingerprint density at radius 3 is 2.95 bits per heavy atom. The van der Waals surface area contributed by atoms with Crippen LogP contribution in [-0.4, -0.2) is 19.0 Å². The average molecular weight is 394 g/mol. The van der Waals surface area contributed by atoms with E-state index in [0.717, 1.165) is 18.7 Å². The van der Waals surface area contributed by atoms with E-state index in [1.54, 1.807) is 6.07 Å². The quantitative estimate of drug-likeness (QED) is 0.802. The minimum Gasteiger partial charge on any atom is -0.352 e. The molecule has 0 aromatic heterocycles. The fraction of sp³-hybridized carbons (Fsp3) is 0.562. The van der Waals surface area contributed by atoms with Crippen molar-refractivity contribution in [1.82, 2.24) is 10.6 Å². The van der Waals surface area contributed by atoms with Crippen molar-refractivity contribution in [1.29, 1.82) is 0 Å². The second kappa shape index (κ2) is 9.48. The maximum absolute atomic E-state index is 13.0. The second-order valence-corrected chi connectivity index (χ2v) is 6.65. The first-order valence-electron chi connectivity index (χ1n) is 7.47. The van der Waals surface area contributed by atoms with E-state index in [9.17, 15) is 9.18 Å². The highest BCUT2D eigenvalue weighted by Crippen LogP contribution is 2.22.